The van der Waals surface area contributed by atoms with Crippen LogP contribution in [0.2, 0.25) is 0 Å². The van der Waals surface area contributed by atoms with E-state index in [1.54, 1.807) is 32.2 Å². The molecule has 2 heterocycles. The molecule has 1 aliphatic heterocycles. The second-order valence-corrected chi connectivity index (χ2v) is 8.22. The summed E-state index contributed by atoms with van der Waals surface area (Å²) in [6.07, 6.45) is 3.07. The number of carbonyl (C=O) groups excluding carboxylic acids is 2. The Kier molecular flexibility index (Phi) is 6.14. The highest BCUT2D eigenvalue weighted by Gasteiger charge is 2.30. The van der Waals surface area contributed by atoms with Gasteiger partial charge in [0.2, 0.25) is 15.9 Å². The maximum atomic E-state index is 12.8. The number of ether oxygens (including phenoxy) is 1. The van der Waals surface area contributed by atoms with E-state index in [-0.39, 0.29) is 23.7 Å². The topological polar surface area (TPSA) is 109 Å². The second kappa shape index (κ2) is 8.58. The first-order valence-corrected chi connectivity index (χ1v) is 10.6. The average Bonchev–Trinajstić information content (AvgIpc) is 2.71. The Bertz CT molecular complexity index is 1010. The van der Waals surface area contributed by atoms with E-state index in [4.69, 9.17) is 4.74 Å². The zero-order valence-electron chi connectivity index (χ0n) is 16.2. The van der Waals surface area contributed by atoms with Gasteiger partial charge in [-0.2, -0.15) is 4.31 Å². The Balaban J connectivity index is 1.89. The molecule has 9 nitrogen and oxygen atoms in total. The van der Waals surface area contributed by atoms with Crippen molar-refractivity contribution in [3.05, 3.63) is 42.7 Å². The van der Waals surface area contributed by atoms with Gasteiger partial charge in [-0.15, -0.1) is 0 Å². The number of nitrogens with one attached hydrogen (secondary N) is 1. The van der Waals surface area contributed by atoms with Gasteiger partial charge in [-0.25, -0.2) is 8.42 Å². The molecule has 0 bridgehead atoms. The van der Waals surface area contributed by atoms with Crippen LogP contribution in [0.3, 0.4) is 0 Å². The first kappa shape index (κ1) is 20.7. The highest BCUT2D eigenvalue weighted by Crippen LogP contribution is 2.35. The number of carbonyl (C=O) groups is 2. The van der Waals surface area contributed by atoms with Crippen molar-refractivity contribution in [3.8, 4) is 5.75 Å². The molecule has 154 valence electrons. The van der Waals surface area contributed by atoms with Crippen molar-refractivity contribution < 1.29 is 22.7 Å². The van der Waals surface area contributed by atoms with E-state index in [0.29, 0.717) is 24.5 Å². The normalized spacial score (nSPS) is 13.8. The first-order chi connectivity index (χ1) is 13.9. The molecular formula is C19H22N4O5S. The maximum Gasteiger partial charge on any atom is 0.265 e. The maximum absolute atomic E-state index is 12.8. The second-order valence-electron chi connectivity index (χ2n) is 6.28. The van der Waals surface area contributed by atoms with E-state index in [0.717, 1.165) is 0 Å². The van der Waals surface area contributed by atoms with Crippen LogP contribution in [0.25, 0.3) is 0 Å². The fourth-order valence-electron chi connectivity index (χ4n) is 3.01. The number of hydrogen-bond donors (Lipinski definition) is 1. The van der Waals surface area contributed by atoms with Crippen LogP contribution in [0, 0.1) is 0 Å². The summed E-state index contributed by atoms with van der Waals surface area (Å²) in [5, 5.41) is 2.66. The minimum absolute atomic E-state index is 0.0379. The number of hydrogen-bond acceptors (Lipinski definition) is 6. The summed E-state index contributed by atoms with van der Waals surface area (Å²) in [5.74, 6) is -0.523. The van der Waals surface area contributed by atoms with Crippen LogP contribution < -0.4 is 15.0 Å². The van der Waals surface area contributed by atoms with Gasteiger partial charge in [-0.05, 0) is 30.3 Å². The lowest BCUT2D eigenvalue weighted by Crippen LogP contribution is -2.43. The number of amides is 2. The number of pyridine rings is 1. The lowest BCUT2D eigenvalue weighted by atomic mass is 10.2. The molecule has 10 heteroatoms. The molecule has 0 saturated carbocycles. The summed E-state index contributed by atoms with van der Waals surface area (Å²) in [6.45, 7) is 3.64. The van der Waals surface area contributed by atoms with E-state index in [2.05, 4.69) is 10.3 Å². The molecule has 2 aromatic rings. The summed E-state index contributed by atoms with van der Waals surface area (Å²) in [5.41, 5.74) is 0.743. The zero-order chi connectivity index (χ0) is 21.0. The average molecular weight is 418 g/mol. The molecule has 3 rings (SSSR count). The Morgan fingerprint density at radius 1 is 1.28 bits per heavy atom. The van der Waals surface area contributed by atoms with Gasteiger partial charge in [0, 0.05) is 19.3 Å². The first-order valence-electron chi connectivity index (χ1n) is 9.14. The Morgan fingerprint density at radius 3 is 2.69 bits per heavy atom. The highest BCUT2D eigenvalue weighted by atomic mass is 32.2. The summed E-state index contributed by atoms with van der Waals surface area (Å²) in [7, 11) is -3.72. The molecule has 0 spiro atoms. The van der Waals surface area contributed by atoms with E-state index < -0.39 is 21.8 Å². The predicted octanol–water partition coefficient (Wildman–Crippen LogP) is 1.48. The quantitative estimate of drug-likeness (QED) is 0.729. The number of sulfonamides is 1. The van der Waals surface area contributed by atoms with Crippen molar-refractivity contribution in [2.75, 3.05) is 36.5 Å². The molecule has 1 aromatic heterocycles. The van der Waals surface area contributed by atoms with Gasteiger partial charge in [-0.1, -0.05) is 13.8 Å². The summed E-state index contributed by atoms with van der Waals surface area (Å²) in [4.78, 5) is 30.0. The van der Waals surface area contributed by atoms with Gasteiger partial charge in [0.15, 0.2) is 6.61 Å². The Morgan fingerprint density at radius 2 is 2.03 bits per heavy atom. The Labute approximate surface area is 169 Å². The van der Waals surface area contributed by atoms with Crippen LogP contribution in [-0.4, -0.2) is 55.8 Å². The third kappa shape index (κ3) is 4.38. The molecule has 1 N–H and O–H groups in total. The number of anilines is 2. The molecule has 0 saturated heterocycles. The molecule has 0 aliphatic carbocycles. The highest BCUT2D eigenvalue weighted by molar-refractivity contribution is 7.89. The van der Waals surface area contributed by atoms with E-state index in [1.807, 2.05) is 0 Å². The van der Waals surface area contributed by atoms with Crippen LogP contribution in [0.1, 0.15) is 13.8 Å². The van der Waals surface area contributed by atoms with Crippen molar-refractivity contribution in [3.63, 3.8) is 0 Å². The molecule has 29 heavy (non-hydrogen) atoms. The Hall–Kier alpha value is -2.98. The van der Waals surface area contributed by atoms with E-state index in [1.165, 1.54) is 33.6 Å². The van der Waals surface area contributed by atoms with Crippen molar-refractivity contribution in [2.45, 2.75) is 18.7 Å². The molecule has 0 atom stereocenters. The standard InChI is InChI=1S/C19H22N4O5S/c1-3-22(4-2)29(26,27)15-7-8-17-16(10-15)23(19(25)13-28-17)12-18(24)21-14-6-5-9-20-11-14/h5-11H,3-4,12-13H2,1-2H3,(H,21,24). The summed E-state index contributed by atoms with van der Waals surface area (Å²) in [6, 6.07) is 7.67. The molecule has 0 radical (unpaired) electrons. The van der Waals surface area contributed by atoms with Crippen LogP contribution in [0.5, 0.6) is 5.75 Å². The predicted molar refractivity (Wildman–Crippen MR) is 107 cm³/mol. The monoisotopic (exact) mass is 418 g/mol. The van der Waals surface area contributed by atoms with Crippen LogP contribution >= 0.6 is 0 Å². The summed E-state index contributed by atoms with van der Waals surface area (Å²) < 4.78 is 32.4. The van der Waals surface area contributed by atoms with E-state index >= 15 is 0 Å². The SMILES string of the molecule is CCN(CC)S(=O)(=O)c1ccc2c(c1)N(CC(=O)Nc1cccnc1)C(=O)CO2. The number of aromatic nitrogens is 1. The van der Waals surface area contributed by atoms with Crippen LogP contribution in [0.15, 0.2) is 47.6 Å². The van der Waals surface area contributed by atoms with Crippen LogP contribution in [-0.2, 0) is 19.6 Å². The smallest absolute Gasteiger partial charge is 0.265 e. The molecular weight excluding hydrogens is 396 g/mol. The third-order valence-corrected chi connectivity index (χ3v) is 6.51. The largest absolute Gasteiger partial charge is 0.482 e. The lowest BCUT2D eigenvalue weighted by molar-refractivity contribution is -0.123. The van der Waals surface area contributed by atoms with Gasteiger partial charge < -0.3 is 10.1 Å². The fourth-order valence-corrected chi connectivity index (χ4v) is 4.49. The van der Waals surface area contributed by atoms with Crippen molar-refractivity contribution in [1.82, 2.24) is 9.29 Å². The molecule has 0 unspecified atom stereocenters. The number of benzene rings is 1. The van der Waals surface area contributed by atoms with Crippen molar-refractivity contribution in [1.29, 1.82) is 0 Å². The number of rotatable bonds is 7. The van der Waals surface area contributed by atoms with Gasteiger partial charge in [0.05, 0.1) is 22.5 Å². The number of nitrogens with zero attached hydrogens (tertiary/aromatic N) is 3. The van der Waals surface area contributed by atoms with Crippen LogP contribution in [0.4, 0.5) is 11.4 Å². The molecule has 0 fully saturated rings. The zero-order valence-corrected chi connectivity index (χ0v) is 17.0. The van der Waals surface area contributed by atoms with Crippen molar-refractivity contribution >= 4 is 33.2 Å². The minimum atomic E-state index is -3.72. The fraction of sp³-hybridized carbons (Fsp3) is 0.316. The minimum Gasteiger partial charge on any atom is -0.482 e. The molecule has 1 aliphatic rings. The van der Waals surface area contributed by atoms with Gasteiger partial charge in [-0.3, -0.25) is 19.5 Å². The summed E-state index contributed by atoms with van der Waals surface area (Å²) >= 11 is 0. The molecule has 2 amide bonds. The third-order valence-electron chi connectivity index (χ3n) is 4.46. The number of fused-ring (bicyclic) bond motifs is 1. The van der Waals surface area contributed by atoms with Gasteiger partial charge in [0.1, 0.15) is 12.3 Å². The lowest BCUT2D eigenvalue weighted by Gasteiger charge is -2.29. The van der Waals surface area contributed by atoms with Gasteiger partial charge in [0.25, 0.3) is 5.91 Å². The molecule has 1 aromatic carbocycles. The van der Waals surface area contributed by atoms with E-state index in [9.17, 15) is 18.0 Å². The van der Waals surface area contributed by atoms with Gasteiger partial charge >= 0.3 is 0 Å². The van der Waals surface area contributed by atoms with Crippen molar-refractivity contribution in [2.24, 2.45) is 0 Å².